The Morgan fingerprint density at radius 1 is 0.294 bits per heavy atom. The molecule has 0 aromatic heterocycles. The molecule has 0 bridgehead atoms. The third-order valence-electron chi connectivity index (χ3n) is 3.27. The molecule has 0 aliphatic rings. The molecule has 0 nitrogen and oxygen atoms in total. The third-order valence-corrected chi connectivity index (χ3v) is 3.27. The predicted octanol–water partition coefficient (Wildman–Crippen LogP) is 6.00. The molecule has 104 valence electrons. The van der Waals surface area contributed by atoms with Crippen molar-refractivity contribution in [2.45, 2.75) is 83.5 Å². The number of halogens is 2. The van der Waals surface area contributed by atoms with Gasteiger partial charge in [0.15, 0.2) is 0 Å². The molecular weight excluding hydrogens is 218 g/mol. The van der Waals surface area contributed by atoms with Crippen LogP contribution in [0.25, 0.3) is 0 Å². The van der Waals surface area contributed by atoms with Crippen LogP contribution in [0.1, 0.15) is 83.5 Å². The van der Waals surface area contributed by atoms with Crippen LogP contribution in [-0.4, -0.2) is 13.3 Å². The highest BCUT2D eigenvalue weighted by atomic mass is 19.1. The van der Waals surface area contributed by atoms with Crippen LogP contribution in [0.4, 0.5) is 8.78 Å². The monoisotopic (exact) mass is 248 g/mol. The van der Waals surface area contributed by atoms with E-state index in [1.54, 1.807) is 0 Å². The maximum Gasteiger partial charge on any atom is 0.0894 e. The number of alkyl halides is 2. The summed E-state index contributed by atoms with van der Waals surface area (Å²) in [6.45, 7) is -0.301. The van der Waals surface area contributed by atoms with Gasteiger partial charge in [0.2, 0.25) is 0 Å². The van der Waals surface area contributed by atoms with Crippen molar-refractivity contribution < 1.29 is 8.78 Å². The Kier molecular flexibility index (Phi) is 15.7. The topological polar surface area (TPSA) is 0 Å². The Hall–Kier alpha value is -0.140. The normalized spacial score (nSPS) is 10.9. The molecule has 0 aromatic rings. The second-order valence-corrected chi connectivity index (χ2v) is 4.97. The van der Waals surface area contributed by atoms with Crippen molar-refractivity contribution in [1.29, 1.82) is 0 Å². The van der Waals surface area contributed by atoms with E-state index in [4.69, 9.17) is 0 Å². The summed E-state index contributed by atoms with van der Waals surface area (Å²) in [6, 6.07) is 0. The summed E-state index contributed by atoms with van der Waals surface area (Å²) in [5, 5.41) is 0. The molecule has 0 spiro atoms. The number of unbranched alkanes of at least 4 members (excludes halogenated alkanes) is 12. The average molecular weight is 248 g/mol. The van der Waals surface area contributed by atoms with Crippen molar-refractivity contribution in [1.82, 2.24) is 0 Å². The van der Waals surface area contributed by atoms with Gasteiger partial charge in [-0.25, -0.2) is 0 Å². The molecule has 0 saturated heterocycles. The highest BCUT2D eigenvalue weighted by Crippen LogP contribution is 2.12. The van der Waals surface area contributed by atoms with Crippen LogP contribution in [0.2, 0.25) is 0 Å². The summed E-state index contributed by atoms with van der Waals surface area (Å²) < 4.78 is 23.6. The molecule has 0 radical (unpaired) electrons. The zero-order valence-electron chi connectivity index (χ0n) is 11.4. The fourth-order valence-corrected chi connectivity index (χ4v) is 2.13. The van der Waals surface area contributed by atoms with Gasteiger partial charge in [-0.3, -0.25) is 8.78 Å². The van der Waals surface area contributed by atoms with Gasteiger partial charge in [0.1, 0.15) is 0 Å². The zero-order chi connectivity index (χ0) is 12.6. The minimum absolute atomic E-state index is 0.150. The molecule has 0 aliphatic heterocycles. The van der Waals surface area contributed by atoms with E-state index in [1.165, 1.54) is 57.8 Å². The largest absolute Gasteiger partial charge is 0.251 e. The maximum absolute atomic E-state index is 11.8. The predicted molar refractivity (Wildman–Crippen MR) is 72.0 cm³/mol. The zero-order valence-corrected chi connectivity index (χ0v) is 11.4. The van der Waals surface area contributed by atoms with E-state index in [0.29, 0.717) is 0 Å². The molecule has 0 saturated carbocycles. The van der Waals surface area contributed by atoms with Gasteiger partial charge in [-0.2, -0.15) is 0 Å². The summed E-state index contributed by atoms with van der Waals surface area (Å²) in [5.74, 6) is 0. The molecule has 0 rings (SSSR count). The Morgan fingerprint density at radius 2 is 0.471 bits per heavy atom. The fraction of sp³-hybridized carbons (Fsp3) is 1.00. The highest BCUT2D eigenvalue weighted by Gasteiger charge is 1.93. The first-order valence-electron chi connectivity index (χ1n) is 7.53. The van der Waals surface area contributed by atoms with Gasteiger partial charge in [-0.1, -0.05) is 70.6 Å². The van der Waals surface area contributed by atoms with Crippen molar-refractivity contribution >= 4 is 0 Å². The minimum Gasteiger partial charge on any atom is -0.251 e. The quantitative estimate of drug-likeness (QED) is 0.331. The van der Waals surface area contributed by atoms with Gasteiger partial charge in [0.05, 0.1) is 13.3 Å². The van der Waals surface area contributed by atoms with Gasteiger partial charge in [0, 0.05) is 0 Å². The van der Waals surface area contributed by atoms with Crippen LogP contribution >= 0.6 is 0 Å². The van der Waals surface area contributed by atoms with Gasteiger partial charge in [-0.05, 0) is 12.8 Å². The van der Waals surface area contributed by atoms with E-state index in [-0.39, 0.29) is 13.3 Å². The van der Waals surface area contributed by atoms with E-state index in [0.717, 1.165) is 25.7 Å². The van der Waals surface area contributed by atoms with Gasteiger partial charge in [0.25, 0.3) is 0 Å². The Balaban J connectivity index is 2.85. The first kappa shape index (κ1) is 16.9. The molecule has 0 amide bonds. The second kappa shape index (κ2) is 15.9. The molecule has 0 aliphatic carbocycles. The number of hydrogen-bond donors (Lipinski definition) is 0. The lowest BCUT2D eigenvalue weighted by Crippen LogP contribution is -1.84. The molecule has 0 unspecified atom stereocenters. The van der Waals surface area contributed by atoms with Crippen molar-refractivity contribution in [2.24, 2.45) is 0 Å². The van der Waals surface area contributed by atoms with E-state index in [1.807, 2.05) is 0 Å². The van der Waals surface area contributed by atoms with Crippen LogP contribution in [0.15, 0.2) is 0 Å². The van der Waals surface area contributed by atoms with Crippen LogP contribution in [0.3, 0.4) is 0 Å². The molecule has 0 atom stereocenters. The fourth-order valence-electron chi connectivity index (χ4n) is 2.13. The smallest absolute Gasteiger partial charge is 0.0894 e. The summed E-state index contributed by atoms with van der Waals surface area (Å²) in [4.78, 5) is 0. The third kappa shape index (κ3) is 15.9. The number of rotatable bonds is 14. The van der Waals surface area contributed by atoms with Gasteiger partial charge >= 0.3 is 0 Å². The summed E-state index contributed by atoms with van der Waals surface area (Å²) in [5.41, 5.74) is 0. The first-order chi connectivity index (χ1) is 8.41. The summed E-state index contributed by atoms with van der Waals surface area (Å²) >= 11 is 0. The first-order valence-corrected chi connectivity index (χ1v) is 7.53. The van der Waals surface area contributed by atoms with Crippen LogP contribution in [0, 0.1) is 0 Å². The lowest BCUT2D eigenvalue weighted by atomic mass is 10.0. The van der Waals surface area contributed by atoms with E-state index < -0.39 is 0 Å². The molecule has 17 heavy (non-hydrogen) atoms. The molecular formula is C15H30F2. The Bertz CT molecular complexity index is 112. The van der Waals surface area contributed by atoms with E-state index in [2.05, 4.69) is 0 Å². The molecule has 2 heteroatoms. The Labute approximate surface area is 106 Å². The van der Waals surface area contributed by atoms with E-state index >= 15 is 0 Å². The van der Waals surface area contributed by atoms with Crippen molar-refractivity contribution in [3.05, 3.63) is 0 Å². The second-order valence-electron chi connectivity index (χ2n) is 4.97. The standard InChI is InChI=1S/C15H30F2/c16-14-12-10-8-6-4-2-1-3-5-7-9-11-13-15-17/h1-15H2. The summed E-state index contributed by atoms with van der Waals surface area (Å²) in [7, 11) is 0. The molecule has 0 aromatic carbocycles. The van der Waals surface area contributed by atoms with Gasteiger partial charge < -0.3 is 0 Å². The van der Waals surface area contributed by atoms with Gasteiger partial charge in [-0.15, -0.1) is 0 Å². The lowest BCUT2D eigenvalue weighted by Gasteiger charge is -2.02. The summed E-state index contributed by atoms with van der Waals surface area (Å²) in [6.07, 6.45) is 15.2. The lowest BCUT2D eigenvalue weighted by molar-refractivity contribution is 0.445. The van der Waals surface area contributed by atoms with Crippen molar-refractivity contribution in [2.75, 3.05) is 13.3 Å². The highest BCUT2D eigenvalue weighted by molar-refractivity contribution is 4.49. The minimum atomic E-state index is -0.150. The Morgan fingerprint density at radius 3 is 0.647 bits per heavy atom. The van der Waals surface area contributed by atoms with Crippen molar-refractivity contribution in [3.8, 4) is 0 Å². The molecule has 0 N–H and O–H groups in total. The van der Waals surface area contributed by atoms with E-state index in [9.17, 15) is 8.78 Å². The number of hydrogen-bond acceptors (Lipinski definition) is 0. The SMILES string of the molecule is FCCCCCCCCCCCCCCCF. The molecule has 0 fully saturated rings. The van der Waals surface area contributed by atoms with Crippen LogP contribution < -0.4 is 0 Å². The molecule has 0 heterocycles. The van der Waals surface area contributed by atoms with Crippen LogP contribution in [0.5, 0.6) is 0 Å². The van der Waals surface area contributed by atoms with Crippen molar-refractivity contribution in [3.63, 3.8) is 0 Å². The average Bonchev–Trinajstić information content (AvgIpc) is 2.35. The van der Waals surface area contributed by atoms with Crippen LogP contribution in [-0.2, 0) is 0 Å². The maximum atomic E-state index is 11.8.